The first-order chi connectivity index (χ1) is 7.06. The van der Waals surface area contributed by atoms with Crippen molar-refractivity contribution in [3.63, 3.8) is 0 Å². The van der Waals surface area contributed by atoms with Crippen molar-refractivity contribution in [3.8, 4) is 0 Å². The molecule has 0 heterocycles. The number of methoxy groups -OCH3 is 1. The Bertz CT molecular complexity index is 330. The van der Waals surface area contributed by atoms with E-state index in [2.05, 4.69) is 0 Å². The smallest absolute Gasteiger partial charge is 0.313 e. The van der Waals surface area contributed by atoms with Crippen molar-refractivity contribution in [2.24, 2.45) is 5.92 Å². The quantitative estimate of drug-likeness (QED) is 0.610. The lowest BCUT2D eigenvalue weighted by Gasteiger charge is -2.18. The molecule has 0 aliphatic heterocycles. The second-order valence-corrected chi connectivity index (χ2v) is 3.91. The van der Waals surface area contributed by atoms with Gasteiger partial charge in [-0.2, -0.15) is 0 Å². The van der Waals surface area contributed by atoms with Gasteiger partial charge in [-0.15, -0.1) is 0 Å². The van der Waals surface area contributed by atoms with Crippen LogP contribution in [0.3, 0.4) is 0 Å². The van der Waals surface area contributed by atoms with Crippen molar-refractivity contribution >= 4 is 11.7 Å². The SMILES string of the molecule is COC(=O)[C@H](c1ccc(N)cc1)C(C)C. The summed E-state index contributed by atoms with van der Waals surface area (Å²) in [5.74, 6) is -0.202. The molecule has 1 aromatic rings. The molecule has 0 unspecified atom stereocenters. The number of benzene rings is 1. The second-order valence-electron chi connectivity index (χ2n) is 3.91. The number of rotatable bonds is 3. The number of ether oxygens (including phenoxy) is 1. The molecule has 0 amide bonds. The largest absolute Gasteiger partial charge is 0.469 e. The van der Waals surface area contributed by atoms with Crippen molar-refractivity contribution in [3.05, 3.63) is 29.8 Å². The highest BCUT2D eigenvalue weighted by molar-refractivity contribution is 5.78. The Hall–Kier alpha value is -1.51. The van der Waals surface area contributed by atoms with Gasteiger partial charge in [0.1, 0.15) is 0 Å². The minimum atomic E-state index is -0.212. The van der Waals surface area contributed by atoms with Gasteiger partial charge < -0.3 is 10.5 Å². The Labute approximate surface area is 90.2 Å². The van der Waals surface area contributed by atoms with Crippen molar-refractivity contribution in [2.75, 3.05) is 12.8 Å². The van der Waals surface area contributed by atoms with Crippen LogP contribution in [-0.4, -0.2) is 13.1 Å². The van der Waals surface area contributed by atoms with Crippen molar-refractivity contribution < 1.29 is 9.53 Å². The lowest BCUT2D eigenvalue weighted by Crippen LogP contribution is -2.19. The second kappa shape index (κ2) is 4.82. The molecule has 0 aliphatic carbocycles. The maximum absolute atomic E-state index is 11.6. The zero-order chi connectivity index (χ0) is 11.4. The molecule has 15 heavy (non-hydrogen) atoms. The van der Waals surface area contributed by atoms with Gasteiger partial charge in [-0.05, 0) is 23.6 Å². The third-order valence-corrected chi connectivity index (χ3v) is 2.42. The standard InChI is InChI=1S/C12H17NO2/c1-8(2)11(12(14)15-3)9-4-6-10(13)7-5-9/h4-8,11H,13H2,1-3H3/t11-/m0/s1. The molecular weight excluding hydrogens is 190 g/mol. The van der Waals surface area contributed by atoms with Crippen LogP contribution in [0, 0.1) is 5.92 Å². The maximum Gasteiger partial charge on any atom is 0.313 e. The summed E-state index contributed by atoms with van der Waals surface area (Å²) in [6.07, 6.45) is 0. The molecular formula is C12H17NO2. The molecule has 2 N–H and O–H groups in total. The summed E-state index contributed by atoms with van der Waals surface area (Å²) in [4.78, 5) is 11.6. The van der Waals surface area contributed by atoms with E-state index in [1.165, 1.54) is 7.11 Å². The molecule has 0 saturated heterocycles. The third-order valence-electron chi connectivity index (χ3n) is 2.42. The van der Waals surface area contributed by atoms with Crippen LogP contribution in [-0.2, 0) is 9.53 Å². The fourth-order valence-electron chi connectivity index (χ4n) is 1.62. The van der Waals surface area contributed by atoms with E-state index in [0.717, 1.165) is 5.56 Å². The minimum absolute atomic E-state index is 0.199. The summed E-state index contributed by atoms with van der Waals surface area (Å²) in [6, 6.07) is 7.34. The number of anilines is 1. The first-order valence-electron chi connectivity index (χ1n) is 4.99. The highest BCUT2D eigenvalue weighted by Crippen LogP contribution is 2.26. The zero-order valence-electron chi connectivity index (χ0n) is 9.36. The third kappa shape index (κ3) is 2.72. The zero-order valence-corrected chi connectivity index (χ0v) is 9.36. The molecule has 0 radical (unpaired) electrons. The van der Waals surface area contributed by atoms with Crippen LogP contribution < -0.4 is 5.73 Å². The van der Waals surface area contributed by atoms with Gasteiger partial charge in [0.25, 0.3) is 0 Å². The van der Waals surface area contributed by atoms with Crippen molar-refractivity contribution in [1.29, 1.82) is 0 Å². The molecule has 3 nitrogen and oxygen atoms in total. The van der Waals surface area contributed by atoms with Gasteiger partial charge >= 0.3 is 5.97 Å². The van der Waals surface area contributed by atoms with Crippen LogP contribution in [0.1, 0.15) is 25.3 Å². The van der Waals surface area contributed by atoms with Crippen LogP contribution in [0.25, 0.3) is 0 Å². The first-order valence-corrected chi connectivity index (χ1v) is 4.99. The molecule has 0 bridgehead atoms. The Balaban J connectivity index is 2.99. The van der Waals surface area contributed by atoms with E-state index in [1.807, 2.05) is 26.0 Å². The molecule has 1 atom stereocenters. The van der Waals surface area contributed by atoms with Gasteiger partial charge in [-0.1, -0.05) is 26.0 Å². The Morgan fingerprint density at radius 2 is 1.80 bits per heavy atom. The summed E-state index contributed by atoms with van der Waals surface area (Å²) < 4.78 is 4.79. The van der Waals surface area contributed by atoms with Crippen molar-refractivity contribution in [1.82, 2.24) is 0 Å². The van der Waals surface area contributed by atoms with Gasteiger partial charge in [0.05, 0.1) is 13.0 Å². The molecule has 3 heteroatoms. The van der Waals surface area contributed by atoms with E-state index in [0.29, 0.717) is 5.69 Å². The minimum Gasteiger partial charge on any atom is -0.469 e. The Kier molecular flexibility index (Phi) is 3.72. The monoisotopic (exact) mass is 207 g/mol. The molecule has 0 aromatic heterocycles. The fraction of sp³-hybridized carbons (Fsp3) is 0.417. The van der Waals surface area contributed by atoms with Gasteiger partial charge in [-0.3, -0.25) is 4.79 Å². The van der Waals surface area contributed by atoms with E-state index < -0.39 is 0 Å². The number of carbonyl (C=O) groups is 1. The van der Waals surface area contributed by atoms with Gasteiger partial charge in [0.15, 0.2) is 0 Å². The average molecular weight is 207 g/mol. The number of esters is 1. The van der Waals surface area contributed by atoms with E-state index in [1.54, 1.807) is 12.1 Å². The topological polar surface area (TPSA) is 52.3 Å². The Morgan fingerprint density at radius 1 is 1.27 bits per heavy atom. The lowest BCUT2D eigenvalue weighted by atomic mass is 9.88. The molecule has 0 fully saturated rings. The molecule has 1 aromatic carbocycles. The Morgan fingerprint density at radius 3 is 2.20 bits per heavy atom. The van der Waals surface area contributed by atoms with Crippen LogP contribution >= 0.6 is 0 Å². The average Bonchev–Trinajstić information content (AvgIpc) is 2.20. The normalized spacial score (nSPS) is 12.5. The summed E-state index contributed by atoms with van der Waals surface area (Å²) >= 11 is 0. The van der Waals surface area contributed by atoms with Gasteiger partial charge in [0.2, 0.25) is 0 Å². The lowest BCUT2D eigenvalue weighted by molar-refractivity contribution is -0.143. The van der Waals surface area contributed by atoms with E-state index in [-0.39, 0.29) is 17.8 Å². The van der Waals surface area contributed by atoms with Crippen molar-refractivity contribution in [2.45, 2.75) is 19.8 Å². The summed E-state index contributed by atoms with van der Waals surface area (Å²) in [5.41, 5.74) is 7.25. The predicted octanol–water partition coefficient (Wildman–Crippen LogP) is 2.18. The van der Waals surface area contributed by atoms with Crippen LogP contribution in [0.4, 0.5) is 5.69 Å². The van der Waals surface area contributed by atoms with E-state index >= 15 is 0 Å². The van der Waals surface area contributed by atoms with Gasteiger partial charge in [-0.25, -0.2) is 0 Å². The van der Waals surface area contributed by atoms with E-state index in [9.17, 15) is 4.79 Å². The molecule has 82 valence electrons. The summed E-state index contributed by atoms with van der Waals surface area (Å²) in [5, 5.41) is 0. The number of hydrogen-bond acceptors (Lipinski definition) is 3. The van der Waals surface area contributed by atoms with E-state index in [4.69, 9.17) is 10.5 Å². The fourth-order valence-corrected chi connectivity index (χ4v) is 1.62. The predicted molar refractivity (Wildman–Crippen MR) is 60.4 cm³/mol. The number of nitrogens with two attached hydrogens (primary N) is 1. The molecule has 0 saturated carbocycles. The van der Waals surface area contributed by atoms with Crippen LogP contribution in [0.5, 0.6) is 0 Å². The van der Waals surface area contributed by atoms with Crippen LogP contribution in [0.2, 0.25) is 0 Å². The summed E-state index contributed by atoms with van der Waals surface area (Å²) in [6.45, 7) is 4.00. The number of carbonyl (C=O) groups excluding carboxylic acids is 1. The molecule has 0 aliphatic rings. The summed E-state index contributed by atoms with van der Waals surface area (Å²) in [7, 11) is 1.41. The molecule has 0 spiro atoms. The highest BCUT2D eigenvalue weighted by Gasteiger charge is 2.24. The molecule has 1 rings (SSSR count). The highest BCUT2D eigenvalue weighted by atomic mass is 16.5. The maximum atomic E-state index is 11.6. The first kappa shape index (κ1) is 11.6. The number of nitrogen functional groups attached to an aromatic ring is 1. The number of hydrogen-bond donors (Lipinski definition) is 1. The van der Waals surface area contributed by atoms with Gasteiger partial charge in [0, 0.05) is 5.69 Å². The van der Waals surface area contributed by atoms with Crippen LogP contribution in [0.15, 0.2) is 24.3 Å².